The average molecular weight is 291 g/mol. The van der Waals surface area contributed by atoms with E-state index in [1.807, 2.05) is 0 Å². The summed E-state index contributed by atoms with van der Waals surface area (Å²) in [6.45, 7) is 1.46. The van der Waals surface area contributed by atoms with Crippen molar-refractivity contribution in [1.82, 2.24) is 0 Å². The molecular formula is C16H15F2NO2. The third-order valence-electron chi connectivity index (χ3n) is 3.21. The van der Waals surface area contributed by atoms with Crippen LogP contribution in [0.25, 0.3) is 0 Å². The molecule has 0 saturated heterocycles. The Morgan fingerprint density at radius 1 is 1.14 bits per heavy atom. The van der Waals surface area contributed by atoms with E-state index in [-0.39, 0.29) is 23.7 Å². The van der Waals surface area contributed by atoms with Crippen molar-refractivity contribution in [1.29, 1.82) is 0 Å². The third kappa shape index (κ3) is 3.37. The Hall–Kier alpha value is -2.43. The van der Waals surface area contributed by atoms with Crippen molar-refractivity contribution in [3.05, 3.63) is 59.2 Å². The number of anilines is 1. The summed E-state index contributed by atoms with van der Waals surface area (Å²) >= 11 is 0. The molecule has 2 aromatic carbocycles. The zero-order valence-corrected chi connectivity index (χ0v) is 11.7. The first-order valence-corrected chi connectivity index (χ1v) is 6.37. The highest BCUT2D eigenvalue weighted by Crippen LogP contribution is 2.27. The van der Waals surface area contributed by atoms with E-state index < -0.39 is 11.6 Å². The van der Waals surface area contributed by atoms with Crippen LogP contribution in [0.2, 0.25) is 0 Å². The summed E-state index contributed by atoms with van der Waals surface area (Å²) in [6.07, 6.45) is 0. The van der Waals surface area contributed by atoms with Crippen LogP contribution in [0.5, 0.6) is 5.75 Å². The van der Waals surface area contributed by atoms with Gasteiger partial charge in [-0.3, -0.25) is 4.79 Å². The van der Waals surface area contributed by atoms with Gasteiger partial charge in [0.25, 0.3) is 0 Å². The molecule has 110 valence electrons. The fourth-order valence-electron chi connectivity index (χ4n) is 2.09. The summed E-state index contributed by atoms with van der Waals surface area (Å²) in [6, 6.07) is 7.99. The van der Waals surface area contributed by atoms with Crippen molar-refractivity contribution in [3.8, 4) is 5.75 Å². The van der Waals surface area contributed by atoms with Crippen LogP contribution < -0.4 is 4.90 Å². The molecule has 5 heteroatoms. The summed E-state index contributed by atoms with van der Waals surface area (Å²) in [5.41, 5.74) is 0.967. The van der Waals surface area contributed by atoms with Crippen LogP contribution in [-0.4, -0.2) is 17.9 Å². The van der Waals surface area contributed by atoms with Gasteiger partial charge in [-0.1, -0.05) is 0 Å². The molecule has 0 saturated carbocycles. The number of hydrogen-bond donors (Lipinski definition) is 1. The number of ketones is 1. The minimum Gasteiger partial charge on any atom is -0.507 e. The standard InChI is InChI=1S/C16H15F2NO2/c1-10(20)15-8-13(18)7-11(16(15)21)9-19(2)14-5-3-12(17)4-6-14/h3-8,21H,9H2,1-2H3. The number of Topliss-reactive ketones (excluding diaryl/α,β-unsaturated/α-hetero) is 1. The van der Waals surface area contributed by atoms with E-state index in [0.717, 1.165) is 6.07 Å². The van der Waals surface area contributed by atoms with Gasteiger partial charge in [-0.15, -0.1) is 0 Å². The van der Waals surface area contributed by atoms with Gasteiger partial charge < -0.3 is 10.0 Å². The van der Waals surface area contributed by atoms with Crippen LogP contribution in [0.3, 0.4) is 0 Å². The summed E-state index contributed by atoms with van der Waals surface area (Å²) in [4.78, 5) is 13.1. The van der Waals surface area contributed by atoms with Crippen LogP contribution in [-0.2, 0) is 6.54 Å². The second kappa shape index (κ2) is 5.91. The van der Waals surface area contributed by atoms with Crippen LogP contribution in [0.15, 0.2) is 36.4 Å². The molecule has 0 spiro atoms. The van der Waals surface area contributed by atoms with Crippen LogP contribution in [0, 0.1) is 11.6 Å². The van der Waals surface area contributed by atoms with E-state index in [1.54, 1.807) is 24.1 Å². The number of phenolic OH excluding ortho intramolecular Hbond substituents is 1. The van der Waals surface area contributed by atoms with E-state index in [0.29, 0.717) is 11.3 Å². The number of aromatic hydroxyl groups is 1. The number of halogens is 2. The predicted molar refractivity (Wildman–Crippen MR) is 76.6 cm³/mol. The van der Waals surface area contributed by atoms with Crippen LogP contribution in [0.4, 0.5) is 14.5 Å². The Kier molecular flexibility index (Phi) is 4.21. The van der Waals surface area contributed by atoms with Gasteiger partial charge in [-0.25, -0.2) is 8.78 Å². The molecule has 0 heterocycles. The molecule has 3 nitrogen and oxygen atoms in total. The summed E-state index contributed by atoms with van der Waals surface area (Å²) in [7, 11) is 1.73. The largest absolute Gasteiger partial charge is 0.507 e. The number of carbonyl (C=O) groups excluding carboxylic acids is 1. The highest BCUT2D eigenvalue weighted by atomic mass is 19.1. The predicted octanol–water partition coefficient (Wildman–Crippen LogP) is 3.51. The van der Waals surface area contributed by atoms with E-state index in [4.69, 9.17) is 0 Å². The minimum absolute atomic E-state index is 0.0440. The first-order valence-electron chi connectivity index (χ1n) is 6.37. The zero-order valence-electron chi connectivity index (χ0n) is 11.7. The van der Waals surface area contributed by atoms with Gasteiger partial charge >= 0.3 is 0 Å². The molecule has 0 aromatic heterocycles. The fraction of sp³-hybridized carbons (Fsp3) is 0.188. The number of rotatable bonds is 4. The van der Waals surface area contributed by atoms with Crippen molar-refractivity contribution in [3.63, 3.8) is 0 Å². The van der Waals surface area contributed by atoms with Crippen molar-refractivity contribution < 1.29 is 18.7 Å². The van der Waals surface area contributed by atoms with E-state index >= 15 is 0 Å². The van der Waals surface area contributed by atoms with Gasteiger partial charge in [0, 0.05) is 24.8 Å². The smallest absolute Gasteiger partial charge is 0.163 e. The Morgan fingerprint density at radius 2 is 1.76 bits per heavy atom. The average Bonchev–Trinajstić information content (AvgIpc) is 2.42. The minimum atomic E-state index is -0.583. The monoisotopic (exact) mass is 291 g/mol. The maximum absolute atomic E-state index is 13.5. The third-order valence-corrected chi connectivity index (χ3v) is 3.21. The first-order chi connectivity index (χ1) is 9.88. The molecule has 0 aliphatic carbocycles. The Balaban J connectivity index is 2.30. The maximum atomic E-state index is 13.5. The van der Waals surface area contributed by atoms with E-state index in [1.165, 1.54) is 25.1 Å². The number of hydrogen-bond acceptors (Lipinski definition) is 3. The summed E-state index contributed by atoms with van der Waals surface area (Å²) in [5, 5.41) is 10.0. The van der Waals surface area contributed by atoms with E-state index in [9.17, 15) is 18.7 Å². The van der Waals surface area contributed by atoms with Gasteiger partial charge in [0.05, 0.1) is 5.56 Å². The molecule has 0 aliphatic rings. The van der Waals surface area contributed by atoms with Crippen molar-refractivity contribution in [2.24, 2.45) is 0 Å². The molecule has 21 heavy (non-hydrogen) atoms. The molecule has 0 fully saturated rings. The molecule has 0 amide bonds. The quantitative estimate of drug-likeness (QED) is 0.876. The Morgan fingerprint density at radius 3 is 2.33 bits per heavy atom. The lowest BCUT2D eigenvalue weighted by Crippen LogP contribution is -2.17. The Labute approximate surface area is 121 Å². The Bertz CT molecular complexity index is 669. The molecule has 1 N–H and O–H groups in total. The lowest BCUT2D eigenvalue weighted by Gasteiger charge is -2.20. The molecule has 0 unspecified atom stereocenters. The van der Waals surface area contributed by atoms with Crippen LogP contribution >= 0.6 is 0 Å². The number of nitrogens with zero attached hydrogens (tertiary/aromatic N) is 1. The van der Waals surface area contributed by atoms with Crippen molar-refractivity contribution >= 4 is 11.5 Å². The van der Waals surface area contributed by atoms with Gasteiger partial charge in [0.1, 0.15) is 17.4 Å². The molecule has 2 aromatic rings. The normalized spacial score (nSPS) is 10.5. The first kappa shape index (κ1) is 15.0. The lowest BCUT2D eigenvalue weighted by atomic mass is 10.0. The summed E-state index contributed by atoms with van der Waals surface area (Å²) < 4.78 is 26.4. The van der Waals surface area contributed by atoms with Crippen LogP contribution in [0.1, 0.15) is 22.8 Å². The highest BCUT2D eigenvalue weighted by Gasteiger charge is 2.15. The van der Waals surface area contributed by atoms with Gasteiger partial charge in [0.2, 0.25) is 0 Å². The number of carbonyl (C=O) groups is 1. The van der Waals surface area contributed by atoms with Gasteiger partial charge in [-0.2, -0.15) is 0 Å². The molecule has 0 atom stereocenters. The molecule has 0 aliphatic heterocycles. The highest BCUT2D eigenvalue weighted by molar-refractivity contribution is 5.97. The number of benzene rings is 2. The lowest BCUT2D eigenvalue weighted by molar-refractivity contribution is 0.101. The van der Waals surface area contributed by atoms with E-state index in [2.05, 4.69) is 0 Å². The maximum Gasteiger partial charge on any atom is 0.163 e. The molecule has 2 rings (SSSR count). The number of phenols is 1. The van der Waals surface area contributed by atoms with Crippen molar-refractivity contribution in [2.45, 2.75) is 13.5 Å². The van der Waals surface area contributed by atoms with Crippen molar-refractivity contribution in [2.75, 3.05) is 11.9 Å². The fourth-order valence-corrected chi connectivity index (χ4v) is 2.09. The molecule has 0 radical (unpaired) electrons. The zero-order chi connectivity index (χ0) is 15.6. The van der Waals surface area contributed by atoms with Gasteiger partial charge in [0.15, 0.2) is 5.78 Å². The summed E-state index contributed by atoms with van der Waals surface area (Å²) in [5.74, 6) is -1.56. The second-order valence-electron chi connectivity index (χ2n) is 4.85. The van der Waals surface area contributed by atoms with Gasteiger partial charge in [-0.05, 0) is 43.3 Å². The second-order valence-corrected chi connectivity index (χ2v) is 4.85. The SMILES string of the molecule is CC(=O)c1cc(F)cc(CN(C)c2ccc(F)cc2)c1O. The topological polar surface area (TPSA) is 40.5 Å². The molecular weight excluding hydrogens is 276 g/mol. The molecule has 0 bridgehead atoms.